The first-order chi connectivity index (χ1) is 11.8. The molecule has 4 aromatic rings. The first-order valence-corrected chi connectivity index (χ1v) is 9.54. The molecule has 0 bridgehead atoms. The van der Waals surface area contributed by atoms with E-state index in [-0.39, 0.29) is 0 Å². The maximum atomic E-state index is 3.70. The quantitative estimate of drug-likeness (QED) is 0.519. The minimum Gasteiger partial charge on any atom is -0.358 e. The Balaban J connectivity index is 1.84. The molecule has 0 saturated carbocycles. The summed E-state index contributed by atoms with van der Waals surface area (Å²) in [5, 5.41) is 5.19. The van der Waals surface area contributed by atoms with Gasteiger partial charge >= 0.3 is 0 Å². The zero-order chi connectivity index (χ0) is 16.1. The van der Waals surface area contributed by atoms with E-state index in [9.17, 15) is 0 Å². The summed E-state index contributed by atoms with van der Waals surface area (Å²) in [7, 11) is 0. The number of benzene rings is 2. The number of fused-ring (bicyclic) bond motifs is 5. The van der Waals surface area contributed by atoms with E-state index in [1.54, 1.807) is 0 Å². The molecule has 120 valence electrons. The van der Waals surface area contributed by atoms with E-state index >= 15 is 0 Å². The van der Waals surface area contributed by atoms with Crippen LogP contribution in [0.25, 0.3) is 32.1 Å². The van der Waals surface area contributed by atoms with Crippen LogP contribution in [-0.4, -0.2) is 23.0 Å². The van der Waals surface area contributed by atoms with Gasteiger partial charge in [-0.2, -0.15) is 0 Å². The molecule has 0 atom stereocenters. The number of nitrogens with zero attached hydrogens (tertiary/aromatic N) is 1. The van der Waals surface area contributed by atoms with Crippen LogP contribution >= 0.6 is 11.3 Å². The van der Waals surface area contributed by atoms with Crippen molar-refractivity contribution in [2.45, 2.75) is 19.9 Å². The summed E-state index contributed by atoms with van der Waals surface area (Å²) in [5.74, 6) is 0. The van der Waals surface area contributed by atoms with Crippen molar-refractivity contribution in [2.24, 2.45) is 0 Å². The number of rotatable bonds is 2. The molecule has 5 rings (SSSR count). The third-order valence-corrected chi connectivity index (χ3v) is 6.23. The molecular formula is C21H20N2S. The van der Waals surface area contributed by atoms with Crippen LogP contribution in [0.3, 0.4) is 0 Å². The predicted octanol–water partition coefficient (Wildman–Crippen LogP) is 5.43. The van der Waals surface area contributed by atoms with Gasteiger partial charge in [0.05, 0.1) is 0 Å². The molecular weight excluding hydrogens is 312 g/mol. The lowest BCUT2D eigenvalue weighted by molar-refractivity contribution is 0.268. The molecule has 0 saturated heterocycles. The van der Waals surface area contributed by atoms with E-state index in [0.29, 0.717) is 0 Å². The third-order valence-electron chi connectivity index (χ3n) is 5.28. The molecule has 1 aliphatic heterocycles. The summed E-state index contributed by atoms with van der Waals surface area (Å²) >= 11 is 1.86. The van der Waals surface area contributed by atoms with Crippen molar-refractivity contribution in [2.75, 3.05) is 13.1 Å². The monoisotopic (exact) mass is 332 g/mol. The Bertz CT molecular complexity index is 1030. The second-order valence-corrected chi connectivity index (χ2v) is 7.49. The number of hydrogen-bond acceptors (Lipinski definition) is 2. The fourth-order valence-electron chi connectivity index (χ4n) is 4.00. The van der Waals surface area contributed by atoms with E-state index in [1.807, 2.05) is 11.3 Å². The highest BCUT2D eigenvalue weighted by Gasteiger charge is 2.22. The van der Waals surface area contributed by atoms with Crippen molar-refractivity contribution in [3.05, 3.63) is 59.1 Å². The fraction of sp³-hybridized carbons (Fsp3) is 0.238. The summed E-state index contributed by atoms with van der Waals surface area (Å²) in [5.41, 5.74) is 6.93. The molecule has 0 unspecified atom stereocenters. The molecule has 1 N–H and O–H groups in total. The molecule has 2 aromatic heterocycles. The summed E-state index contributed by atoms with van der Waals surface area (Å²) in [6, 6.07) is 15.3. The van der Waals surface area contributed by atoms with Gasteiger partial charge < -0.3 is 4.98 Å². The molecule has 3 heterocycles. The Morgan fingerprint density at radius 3 is 2.79 bits per heavy atom. The third kappa shape index (κ3) is 2.05. The molecule has 3 heteroatoms. The highest BCUT2D eigenvalue weighted by atomic mass is 32.1. The first kappa shape index (κ1) is 14.3. The van der Waals surface area contributed by atoms with Crippen LogP contribution < -0.4 is 0 Å². The summed E-state index contributed by atoms with van der Waals surface area (Å²) in [6.45, 7) is 5.61. The predicted molar refractivity (Wildman–Crippen MR) is 104 cm³/mol. The molecule has 0 radical (unpaired) electrons. The number of aromatic amines is 1. The highest BCUT2D eigenvalue weighted by molar-refractivity contribution is 7.18. The first-order valence-electron chi connectivity index (χ1n) is 8.66. The zero-order valence-corrected chi connectivity index (χ0v) is 14.6. The average molecular weight is 332 g/mol. The average Bonchev–Trinajstić information content (AvgIpc) is 3.22. The van der Waals surface area contributed by atoms with E-state index in [0.717, 1.165) is 26.1 Å². The van der Waals surface area contributed by atoms with E-state index in [4.69, 9.17) is 0 Å². The molecule has 0 fully saturated rings. The van der Waals surface area contributed by atoms with Crippen LogP contribution in [0.15, 0.2) is 47.8 Å². The lowest BCUT2D eigenvalue weighted by atomic mass is 9.97. The van der Waals surface area contributed by atoms with Gasteiger partial charge in [0, 0.05) is 51.8 Å². The van der Waals surface area contributed by atoms with Crippen molar-refractivity contribution in [1.82, 2.24) is 9.88 Å². The zero-order valence-electron chi connectivity index (χ0n) is 13.8. The largest absolute Gasteiger partial charge is 0.358 e. The van der Waals surface area contributed by atoms with Gasteiger partial charge in [-0.15, -0.1) is 11.3 Å². The minimum absolute atomic E-state index is 1.06. The molecule has 2 aromatic carbocycles. The maximum Gasteiger partial charge on any atom is 0.0466 e. The second kappa shape index (κ2) is 5.47. The molecule has 0 spiro atoms. The van der Waals surface area contributed by atoms with Gasteiger partial charge in [0.25, 0.3) is 0 Å². The maximum absolute atomic E-state index is 3.70. The van der Waals surface area contributed by atoms with Gasteiger partial charge in [-0.1, -0.05) is 37.3 Å². The van der Waals surface area contributed by atoms with Crippen molar-refractivity contribution in [3.8, 4) is 11.1 Å². The topological polar surface area (TPSA) is 19.0 Å². The van der Waals surface area contributed by atoms with Crippen molar-refractivity contribution in [3.63, 3.8) is 0 Å². The Kier molecular flexibility index (Phi) is 3.25. The van der Waals surface area contributed by atoms with Crippen LogP contribution in [-0.2, 0) is 13.0 Å². The van der Waals surface area contributed by atoms with Gasteiger partial charge in [0.2, 0.25) is 0 Å². The van der Waals surface area contributed by atoms with Crippen LogP contribution in [0.5, 0.6) is 0 Å². The Labute approximate surface area is 145 Å². The molecule has 0 amide bonds. The Hall–Kier alpha value is -2.10. The van der Waals surface area contributed by atoms with E-state index < -0.39 is 0 Å². The number of thiophene rings is 1. The summed E-state index contributed by atoms with van der Waals surface area (Å²) in [4.78, 5) is 6.24. The van der Waals surface area contributed by atoms with Crippen molar-refractivity contribution in [1.29, 1.82) is 0 Å². The SMILES string of the molecule is CCN1CCc2[nH]c3ccc4scc(-c5ccccc5)c4c3c2C1. The summed E-state index contributed by atoms with van der Waals surface area (Å²) < 4.78 is 1.39. The summed E-state index contributed by atoms with van der Waals surface area (Å²) in [6.07, 6.45) is 1.13. The standard InChI is InChI=1S/C21H20N2S/c1-2-23-11-10-17-15(12-23)20-18(22-17)8-9-19-21(20)16(13-24-19)14-6-4-3-5-7-14/h3-9,13,22H,2,10-12H2,1H3. The molecule has 2 nitrogen and oxygen atoms in total. The van der Waals surface area contributed by atoms with Gasteiger partial charge in [-0.05, 0) is 35.2 Å². The number of hydrogen-bond donors (Lipinski definition) is 1. The Morgan fingerprint density at radius 1 is 1.08 bits per heavy atom. The highest BCUT2D eigenvalue weighted by Crippen LogP contribution is 2.41. The van der Waals surface area contributed by atoms with Gasteiger partial charge in [-0.3, -0.25) is 4.90 Å². The van der Waals surface area contributed by atoms with Crippen LogP contribution in [0.2, 0.25) is 0 Å². The number of nitrogens with one attached hydrogen (secondary N) is 1. The number of aromatic nitrogens is 1. The minimum atomic E-state index is 1.06. The molecule has 1 aliphatic rings. The molecule has 0 aliphatic carbocycles. The van der Waals surface area contributed by atoms with Gasteiger partial charge in [-0.25, -0.2) is 0 Å². The normalized spacial score (nSPS) is 15.2. The molecule has 24 heavy (non-hydrogen) atoms. The van der Waals surface area contributed by atoms with Crippen molar-refractivity contribution < 1.29 is 0 Å². The van der Waals surface area contributed by atoms with Crippen molar-refractivity contribution >= 4 is 32.3 Å². The Morgan fingerprint density at radius 2 is 1.96 bits per heavy atom. The number of likely N-dealkylation sites (N-methyl/N-ethyl adjacent to an activating group) is 1. The van der Waals surface area contributed by atoms with E-state index in [1.165, 1.54) is 43.4 Å². The lowest BCUT2D eigenvalue weighted by Crippen LogP contribution is -2.29. The van der Waals surface area contributed by atoms with Crippen LogP contribution in [0, 0.1) is 0 Å². The lowest BCUT2D eigenvalue weighted by Gasteiger charge is -2.25. The second-order valence-electron chi connectivity index (χ2n) is 6.58. The fourth-order valence-corrected chi connectivity index (χ4v) is 4.97. The van der Waals surface area contributed by atoms with E-state index in [2.05, 4.69) is 64.7 Å². The van der Waals surface area contributed by atoms with Crippen LogP contribution in [0.1, 0.15) is 18.2 Å². The van der Waals surface area contributed by atoms with Crippen LogP contribution in [0.4, 0.5) is 0 Å². The van der Waals surface area contributed by atoms with Gasteiger partial charge in [0.1, 0.15) is 0 Å². The smallest absolute Gasteiger partial charge is 0.0466 e. The van der Waals surface area contributed by atoms with Gasteiger partial charge in [0.15, 0.2) is 0 Å². The number of H-pyrrole nitrogens is 1.